The van der Waals surface area contributed by atoms with Crippen molar-refractivity contribution >= 4 is 0 Å². The number of hydroxylamine groups is 2. The summed E-state index contributed by atoms with van der Waals surface area (Å²) < 4.78 is 0. The number of hydrogen-bond acceptors (Lipinski definition) is 2. The summed E-state index contributed by atoms with van der Waals surface area (Å²) in [6.07, 6.45) is 5.15. The van der Waals surface area contributed by atoms with Crippen LogP contribution in [0.5, 0.6) is 0 Å². The van der Waals surface area contributed by atoms with Gasteiger partial charge < -0.3 is 4.84 Å². The number of nitrogens with zero attached hydrogens (tertiary/aromatic N) is 1. The van der Waals surface area contributed by atoms with Crippen LogP contribution in [-0.2, 0) is 4.84 Å². The highest BCUT2D eigenvalue weighted by Crippen LogP contribution is 2.14. The van der Waals surface area contributed by atoms with Crippen molar-refractivity contribution < 1.29 is 4.84 Å². The molecule has 0 saturated heterocycles. The Balaban J connectivity index is 3.80. The van der Waals surface area contributed by atoms with Crippen molar-refractivity contribution in [2.24, 2.45) is 5.41 Å². The summed E-state index contributed by atoms with van der Waals surface area (Å²) in [6.45, 7) is 7.85. The highest BCUT2D eigenvalue weighted by molar-refractivity contribution is 4.86. The minimum atomic E-state index is 0.229. The van der Waals surface area contributed by atoms with E-state index in [9.17, 15) is 0 Å². The molecule has 0 amide bonds. The molecule has 0 aromatic heterocycles. The third kappa shape index (κ3) is 5.90. The van der Waals surface area contributed by atoms with E-state index in [0.717, 1.165) is 6.54 Å². The Morgan fingerprint density at radius 3 is 2.27 bits per heavy atom. The third-order valence-electron chi connectivity index (χ3n) is 1.18. The fourth-order valence-corrected chi connectivity index (χ4v) is 0.816. The second kappa shape index (κ2) is 4.38. The smallest absolute Gasteiger partial charge is 0.0849 e. The van der Waals surface area contributed by atoms with Crippen molar-refractivity contribution in [3.8, 4) is 12.3 Å². The van der Waals surface area contributed by atoms with Crippen LogP contribution < -0.4 is 0 Å². The molecule has 0 spiro atoms. The molecule has 0 aromatic carbocycles. The lowest BCUT2D eigenvalue weighted by molar-refractivity contribution is -0.136. The van der Waals surface area contributed by atoms with E-state index in [4.69, 9.17) is 11.3 Å². The predicted octanol–water partition coefficient (Wildman–Crippen LogP) is 1.53. The summed E-state index contributed by atoms with van der Waals surface area (Å²) in [6, 6.07) is 0. The van der Waals surface area contributed by atoms with Gasteiger partial charge in [-0.1, -0.05) is 26.7 Å². The molecule has 0 radical (unpaired) electrons. The average molecular weight is 155 g/mol. The summed E-state index contributed by atoms with van der Waals surface area (Å²) in [5.41, 5.74) is 0.229. The van der Waals surface area contributed by atoms with Gasteiger partial charge in [0.15, 0.2) is 0 Å². The van der Waals surface area contributed by atoms with Gasteiger partial charge in [-0.2, -0.15) is 5.06 Å². The predicted molar refractivity (Wildman–Crippen MR) is 46.9 cm³/mol. The van der Waals surface area contributed by atoms with Gasteiger partial charge in [0.05, 0.1) is 13.7 Å². The third-order valence-corrected chi connectivity index (χ3v) is 1.18. The van der Waals surface area contributed by atoms with Crippen molar-refractivity contribution in [3.05, 3.63) is 0 Å². The second-order valence-corrected chi connectivity index (χ2v) is 3.75. The number of hydrogen-bond donors (Lipinski definition) is 0. The standard InChI is InChI=1S/C9H17NO/c1-6-7-10(11-5)8-9(2,3)4/h1H,7-8H2,2-5H3. The van der Waals surface area contributed by atoms with Gasteiger partial charge in [0.25, 0.3) is 0 Å². The van der Waals surface area contributed by atoms with Crippen molar-refractivity contribution in [1.29, 1.82) is 0 Å². The van der Waals surface area contributed by atoms with Crippen LogP contribution in [0, 0.1) is 17.8 Å². The van der Waals surface area contributed by atoms with Crippen molar-refractivity contribution in [2.75, 3.05) is 20.2 Å². The maximum atomic E-state index is 5.15. The fraction of sp³-hybridized carbons (Fsp3) is 0.778. The minimum Gasteiger partial charge on any atom is -0.301 e. The maximum Gasteiger partial charge on any atom is 0.0849 e. The molecule has 0 N–H and O–H groups in total. The molecule has 0 aliphatic carbocycles. The van der Waals surface area contributed by atoms with Crippen LogP contribution in [0.25, 0.3) is 0 Å². The first-order chi connectivity index (χ1) is 4.99. The number of terminal acetylenes is 1. The van der Waals surface area contributed by atoms with E-state index >= 15 is 0 Å². The summed E-state index contributed by atoms with van der Waals surface area (Å²) in [5.74, 6) is 2.54. The SMILES string of the molecule is C#CCN(CC(C)(C)C)OC. The zero-order chi connectivity index (χ0) is 8.91. The molecule has 0 aromatic rings. The van der Waals surface area contributed by atoms with Crippen LogP contribution in [0.4, 0.5) is 0 Å². The van der Waals surface area contributed by atoms with Crippen LogP contribution in [0.2, 0.25) is 0 Å². The first kappa shape index (κ1) is 10.5. The quantitative estimate of drug-likeness (QED) is 0.452. The first-order valence-corrected chi connectivity index (χ1v) is 3.72. The lowest BCUT2D eigenvalue weighted by Gasteiger charge is -2.26. The minimum absolute atomic E-state index is 0.229. The monoisotopic (exact) mass is 155 g/mol. The Hall–Kier alpha value is -0.520. The molecular formula is C9H17NO. The normalized spacial score (nSPS) is 11.6. The molecule has 64 valence electrons. The van der Waals surface area contributed by atoms with E-state index in [1.165, 1.54) is 0 Å². The van der Waals surface area contributed by atoms with Crippen LogP contribution in [-0.4, -0.2) is 25.3 Å². The maximum absolute atomic E-state index is 5.15. The second-order valence-electron chi connectivity index (χ2n) is 3.75. The zero-order valence-electron chi connectivity index (χ0n) is 7.85. The lowest BCUT2D eigenvalue weighted by atomic mass is 9.97. The van der Waals surface area contributed by atoms with Gasteiger partial charge >= 0.3 is 0 Å². The van der Waals surface area contributed by atoms with E-state index in [-0.39, 0.29) is 5.41 Å². The van der Waals surface area contributed by atoms with Gasteiger partial charge in [-0.05, 0) is 5.41 Å². The molecule has 0 rings (SSSR count). The topological polar surface area (TPSA) is 12.5 Å². The summed E-state index contributed by atoms with van der Waals surface area (Å²) >= 11 is 0. The van der Waals surface area contributed by atoms with E-state index in [2.05, 4.69) is 26.7 Å². The highest BCUT2D eigenvalue weighted by Gasteiger charge is 2.14. The van der Waals surface area contributed by atoms with Gasteiger partial charge in [0.2, 0.25) is 0 Å². The number of rotatable bonds is 3. The Morgan fingerprint density at radius 1 is 1.45 bits per heavy atom. The molecule has 0 aliphatic rings. The fourth-order valence-electron chi connectivity index (χ4n) is 0.816. The summed E-state index contributed by atoms with van der Waals surface area (Å²) in [5, 5.41) is 1.78. The average Bonchev–Trinajstić information content (AvgIpc) is 1.84. The van der Waals surface area contributed by atoms with Gasteiger partial charge in [0.1, 0.15) is 0 Å². The molecule has 0 saturated carbocycles. The highest BCUT2D eigenvalue weighted by atomic mass is 16.7. The Bertz CT molecular complexity index is 141. The summed E-state index contributed by atoms with van der Waals surface area (Å²) in [4.78, 5) is 5.06. The zero-order valence-corrected chi connectivity index (χ0v) is 7.85. The van der Waals surface area contributed by atoms with Crippen LogP contribution >= 0.6 is 0 Å². The van der Waals surface area contributed by atoms with Gasteiger partial charge in [-0.3, -0.25) is 0 Å². The van der Waals surface area contributed by atoms with Crippen molar-refractivity contribution in [2.45, 2.75) is 20.8 Å². The van der Waals surface area contributed by atoms with Gasteiger partial charge in [-0.25, -0.2) is 0 Å². The molecule has 11 heavy (non-hydrogen) atoms. The Morgan fingerprint density at radius 2 is 2.00 bits per heavy atom. The molecule has 2 nitrogen and oxygen atoms in total. The van der Waals surface area contributed by atoms with E-state index in [0.29, 0.717) is 6.54 Å². The van der Waals surface area contributed by atoms with E-state index in [1.807, 2.05) is 0 Å². The lowest BCUT2D eigenvalue weighted by Crippen LogP contribution is -2.32. The van der Waals surface area contributed by atoms with Crippen molar-refractivity contribution in [1.82, 2.24) is 5.06 Å². The Kier molecular flexibility index (Phi) is 4.17. The molecule has 0 atom stereocenters. The molecule has 0 bridgehead atoms. The molecule has 0 fully saturated rings. The first-order valence-electron chi connectivity index (χ1n) is 3.72. The molecule has 2 heteroatoms. The largest absolute Gasteiger partial charge is 0.301 e. The van der Waals surface area contributed by atoms with Crippen LogP contribution in [0.15, 0.2) is 0 Å². The molecule has 0 aliphatic heterocycles. The van der Waals surface area contributed by atoms with Gasteiger partial charge in [0, 0.05) is 6.54 Å². The molecular weight excluding hydrogens is 138 g/mol. The van der Waals surface area contributed by atoms with Crippen molar-refractivity contribution in [3.63, 3.8) is 0 Å². The van der Waals surface area contributed by atoms with E-state index < -0.39 is 0 Å². The summed E-state index contributed by atoms with van der Waals surface area (Å²) in [7, 11) is 1.64. The van der Waals surface area contributed by atoms with Crippen LogP contribution in [0.1, 0.15) is 20.8 Å². The molecule has 0 heterocycles. The Labute approximate surface area is 69.5 Å². The molecule has 0 unspecified atom stereocenters. The van der Waals surface area contributed by atoms with Gasteiger partial charge in [-0.15, -0.1) is 6.42 Å². The van der Waals surface area contributed by atoms with E-state index in [1.54, 1.807) is 12.2 Å². The van der Waals surface area contributed by atoms with Crippen LogP contribution in [0.3, 0.4) is 0 Å².